The van der Waals surface area contributed by atoms with Crippen LogP contribution >= 0.6 is 0 Å². The van der Waals surface area contributed by atoms with Crippen molar-refractivity contribution >= 4 is 86.2 Å². The molecular formula is C31H24N8O13S4. The van der Waals surface area contributed by atoms with Crippen LogP contribution in [0.5, 0.6) is 5.75 Å². The Morgan fingerprint density at radius 3 is 1.54 bits per heavy atom. The number of aromatic hydroxyl groups is 1. The average Bonchev–Trinajstić information content (AvgIpc) is 3.10. The highest BCUT2D eigenvalue weighted by Crippen LogP contribution is 2.39. The van der Waals surface area contributed by atoms with Gasteiger partial charge in [0, 0.05) is 23.0 Å². The van der Waals surface area contributed by atoms with E-state index in [0.717, 1.165) is 54.6 Å². The number of rotatable bonds is 12. The second kappa shape index (κ2) is 15.5. The van der Waals surface area contributed by atoms with Crippen LogP contribution < -0.4 is 10.6 Å². The lowest BCUT2D eigenvalue weighted by Crippen LogP contribution is -2.05. The summed E-state index contributed by atoms with van der Waals surface area (Å²) in [5, 5.41) is 40.9. The normalized spacial score (nSPS) is 12.5. The average molecular weight is 845 g/mol. The summed E-state index contributed by atoms with van der Waals surface area (Å²) in [7, 11) is -19.0. The Labute approximate surface area is 317 Å². The summed E-state index contributed by atoms with van der Waals surface area (Å²) in [4.78, 5) is 1.90. The molecule has 5 aromatic rings. The van der Waals surface area contributed by atoms with Crippen molar-refractivity contribution in [3.8, 4) is 11.8 Å². The molecule has 7 N–H and O–H groups in total. The summed E-state index contributed by atoms with van der Waals surface area (Å²) in [5.74, 6) is -0.788. The monoisotopic (exact) mass is 844 g/mol. The maximum atomic E-state index is 12.4. The quantitative estimate of drug-likeness (QED) is 0.0537. The zero-order valence-corrected chi connectivity index (χ0v) is 31.2. The molecule has 4 aromatic carbocycles. The van der Waals surface area contributed by atoms with E-state index in [1.807, 2.05) is 6.07 Å². The minimum atomic E-state index is -5.07. The predicted octanol–water partition coefficient (Wildman–Crippen LogP) is 6.27. The van der Waals surface area contributed by atoms with Crippen molar-refractivity contribution in [1.82, 2.24) is 4.98 Å². The van der Waals surface area contributed by atoms with E-state index in [1.165, 1.54) is 31.2 Å². The SMILES string of the molecule is Cc1c(C#N)c(Nc2ccc(S(=O)(=O)O)cc2)nc(Nc2ccc(S(=O)(=O)O)cc2)c1N=Nc1ccc(N=Nc2ccc(O)cc2S(=O)(=O)O)cc1S(=O)(=O)O. The summed E-state index contributed by atoms with van der Waals surface area (Å²) >= 11 is 0. The molecular weight excluding hydrogens is 821 g/mol. The molecule has 21 nitrogen and oxygen atoms in total. The Balaban J connectivity index is 1.60. The van der Waals surface area contributed by atoms with Crippen LogP contribution in [0.25, 0.3) is 0 Å². The number of azo groups is 2. The highest BCUT2D eigenvalue weighted by molar-refractivity contribution is 7.86. The Bertz CT molecular complexity index is 2940. The van der Waals surface area contributed by atoms with Crippen LogP contribution in [0.1, 0.15) is 11.1 Å². The number of aromatic nitrogens is 1. The molecule has 25 heteroatoms. The summed E-state index contributed by atoms with van der Waals surface area (Å²) in [6.45, 7) is 1.42. The molecule has 1 aromatic heterocycles. The van der Waals surface area contributed by atoms with Gasteiger partial charge in [-0.2, -0.15) is 44.0 Å². The van der Waals surface area contributed by atoms with E-state index in [-0.39, 0.29) is 45.5 Å². The lowest BCUT2D eigenvalue weighted by Gasteiger charge is -2.16. The first-order chi connectivity index (χ1) is 26.0. The van der Waals surface area contributed by atoms with Crippen LogP contribution in [0.2, 0.25) is 0 Å². The molecule has 0 amide bonds. The van der Waals surface area contributed by atoms with E-state index in [9.17, 15) is 62.3 Å². The molecule has 5 rings (SSSR count). The van der Waals surface area contributed by atoms with Crippen molar-refractivity contribution in [2.45, 2.75) is 26.5 Å². The van der Waals surface area contributed by atoms with Crippen LogP contribution in [0.3, 0.4) is 0 Å². The van der Waals surface area contributed by atoms with Gasteiger partial charge >= 0.3 is 0 Å². The summed E-state index contributed by atoms with van der Waals surface area (Å²) in [5.41, 5.74) is -0.996. The summed E-state index contributed by atoms with van der Waals surface area (Å²) < 4.78 is 133. The van der Waals surface area contributed by atoms with E-state index < -0.39 is 77.2 Å². The van der Waals surface area contributed by atoms with Gasteiger partial charge in [-0.05, 0) is 85.8 Å². The van der Waals surface area contributed by atoms with Gasteiger partial charge in [-0.25, -0.2) is 4.98 Å². The Morgan fingerprint density at radius 1 is 0.589 bits per heavy atom. The van der Waals surface area contributed by atoms with Gasteiger partial charge in [-0.15, -0.1) is 15.3 Å². The number of nitrogens with one attached hydrogen (secondary N) is 2. The van der Waals surface area contributed by atoms with E-state index in [1.54, 1.807) is 0 Å². The number of phenols is 1. The zero-order valence-electron chi connectivity index (χ0n) is 27.9. The summed E-state index contributed by atoms with van der Waals surface area (Å²) in [6.07, 6.45) is 0. The molecule has 1 heterocycles. The zero-order chi connectivity index (χ0) is 41.2. The largest absolute Gasteiger partial charge is 0.508 e. The van der Waals surface area contributed by atoms with Gasteiger partial charge in [0.05, 0.1) is 21.0 Å². The van der Waals surface area contributed by atoms with Gasteiger partial charge in [0.2, 0.25) is 0 Å². The first kappa shape index (κ1) is 40.9. The van der Waals surface area contributed by atoms with Gasteiger partial charge in [-0.3, -0.25) is 18.2 Å². The number of anilines is 4. The second-order valence-electron chi connectivity index (χ2n) is 11.2. The van der Waals surface area contributed by atoms with Crippen molar-refractivity contribution in [3.63, 3.8) is 0 Å². The Kier molecular flexibility index (Phi) is 11.3. The number of phenolic OH excluding ortho intramolecular Hbond substituents is 1. The van der Waals surface area contributed by atoms with Crippen LogP contribution in [-0.2, 0) is 40.5 Å². The Morgan fingerprint density at radius 2 is 1.05 bits per heavy atom. The van der Waals surface area contributed by atoms with Crippen molar-refractivity contribution in [2.75, 3.05) is 10.6 Å². The molecule has 0 aliphatic heterocycles. The van der Waals surface area contributed by atoms with Crippen LogP contribution in [0.4, 0.5) is 45.8 Å². The number of nitrogens with zero attached hydrogens (tertiary/aromatic N) is 6. The molecule has 0 radical (unpaired) electrons. The van der Waals surface area contributed by atoms with Crippen molar-refractivity contribution < 1.29 is 57.0 Å². The first-order valence-electron chi connectivity index (χ1n) is 14.9. The molecule has 56 heavy (non-hydrogen) atoms. The molecule has 290 valence electrons. The fourth-order valence-electron chi connectivity index (χ4n) is 4.69. The van der Waals surface area contributed by atoms with Crippen LogP contribution in [-0.4, -0.2) is 62.0 Å². The third kappa shape index (κ3) is 9.70. The van der Waals surface area contributed by atoms with Gasteiger partial charge in [0.25, 0.3) is 40.5 Å². The maximum Gasteiger partial charge on any atom is 0.296 e. The third-order valence-corrected chi connectivity index (χ3v) is 10.8. The van der Waals surface area contributed by atoms with Crippen LogP contribution in [0.15, 0.2) is 125 Å². The molecule has 0 saturated carbocycles. The van der Waals surface area contributed by atoms with Gasteiger partial charge in [0.1, 0.15) is 38.7 Å². The number of nitriles is 1. The topological polar surface area (TPSA) is 348 Å². The molecule has 0 atom stereocenters. The van der Waals surface area contributed by atoms with Crippen molar-refractivity contribution in [1.29, 1.82) is 5.26 Å². The molecule has 0 spiro atoms. The van der Waals surface area contributed by atoms with Crippen molar-refractivity contribution in [3.05, 3.63) is 96.1 Å². The molecule has 0 bridgehead atoms. The van der Waals surface area contributed by atoms with E-state index in [4.69, 9.17) is 0 Å². The minimum Gasteiger partial charge on any atom is -0.508 e. The van der Waals surface area contributed by atoms with Gasteiger partial charge in [0.15, 0.2) is 11.6 Å². The lowest BCUT2D eigenvalue weighted by atomic mass is 10.1. The number of hydrogen-bond donors (Lipinski definition) is 7. The predicted molar refractivity (Wildman–Crippen MR) is 195 cm³/mol. The van der Waals surface area contributed by atoms with E-state index in [0.29, 0.717) is 6.07 Å². The summed E-state index contributed by atoms with van der Waals surface area (Å²) in [6, 6.07) is 17.1. The molecule has 0 fully saturated rings. The van der Waals surface area contributed by atoms with Crippen LogP contribution in [0, 0.1) is 18.3 Å². The second-order valence-corrected chi connectivity index (χ2v) is 16.8. The Hall–Kier alpha value is -6.24. The first-order valence-corrected chi connectivity index (χ1v) is 20.7. The fraction of sp³-hybridized carbons (Fsp3) is 0.0323. The molecule has 0 aliphatic rings. The highest BCUT2D eigenvalue weighted by atomic mass is 32.2. The molecule has 0 aliphatic carbocycles. The standard InChI is InChI=1S/C31H24N8O13S4/c1-17-24(16-32)30(33-18-2-8-22(9-3-18)53(41,42)43)35-31(34-19-4-10-23(11-5-19)54(44,45)46)29(17)39-38-25-12-6-20(14-27(25)55(47,48)49)36-37-26-13-7-21(40)15-28(26)56(50,51)52/h2-15,40H,1H3,(H2,33,34,35)(H,41,42,43)(H,44,45,46)(H,47,48,49)(H,50,51,52). The number of pyridine rings is 1. The van der Waals surface area contributed by atoms with Gasteiger partial charge in [-0.1, -0.05) is 0 Å². The molecule has 0 saturated heterocycles. The third-order valence-electron chi connectivity index (χ3n) is 7.33. The highest BCUT2D eigenvalue weighted by Gasteiger charge is 2.22. The van der Waals surface area contributed by atoms with Gasteiger partial charge < -0.3 is 15.7 Å². The minimum absolute atomic E-state index is 0.0859. The smallest absolute Gasteiger partial charge is 0.296 e. The van der Waals surface area contributed by atoms with E-state index >= 15 is 0 Å². The van der Waals surface area contributed by atoms with E-state index in [2.05, 4.69) is 36.1 Å². The maximum absolute atomic E-state index is 12.4. The fourth-order valence-corrected chi connectivity index (χ4v) is 6.93. The number of hydrogen-bond acceptors (Lipinski definition) is 17. The lowest BCUT2D eigenvalue weighted by molar-refractivity contribution is 0.466. The van der Waals surface area contributed by atoms with Crippen molar-refractivity contribution in [2.24, 2.45) is 20.5 Å². The number of benzene rings is 4. The molecule has 0 unspecified atom stereocenters.